The molecular formula is C11H12F2O. The van der Waals surface area contributed by atoms with Gasteiger partial charge in [0, 0.05) is 6.07 Å². The lowest BCUT2D eigenvalue weighted by Crippen LogP contribution is -2.09. The molecular weight excluding hydrogens is 186 g/mol. The van der Waals surface area contributed by atoms with E-state index in [4.69, 9.17) is 0 Å². The third kappa shape index (κ3) is 1.42. The average molecular weight is 198 g/mol. The highest BCUT2D eigenvalue weighted by Crippen LogP contribution is 2.53. The van der Waals surface area contributed by atoms with E-state index >= 15 is 0 Å². The second-order valence-electron chi connectivity index (χ2n) is 3.89. The number of hydrogen-bond acceptors (Lipinski definition) is 1. The molecule has 2 rings (SSSR count). The average Bonchev–Trinajstić information content (AvgIpc) is 2.77. The fourth-order valence-corrected chi connectivity index (χ4v) is 1.96. The summed E-state index contributed by atoms with van der Waals surface area (Å²) in [5.74, 6) is -1.12. The third-order valence-electron chi connectivity index (χ3n) is 2.93. The van der Waals surface area contributed by atoms with Gasteiger partial charge in [-0.15, -0.1) is 0 Å². The van der Waals surface area contributed by atoms with Crippen LogP contribution < -0.4 is 0 Å². The van der Waals surface area contributed by atoms with Crippen LogP contribution in [-0.4, -0.2) is 5.11 Å². The van der Waals surface area contributed by atoms with Crippen LogP contribution in [-0.2, 0) is 5.60 Å². The molecule has 1 aliphatic carbocycles. The maximum absolute atomic E-state index is 12.9. The molecule has 1 saturated carbocycles. The van der Waals surface area contributed by atoms with Crippen molar-refractivity contribution in [3.05, 3.63) is 35.4 Å². The van der Waals surface area contributed by atoms with Crippen molar-refractivity contribution < 1.29 is 13.9 Å². The maximum atomic E-state index is 12.9. The quantitative estimate of drug-likeness (QED) is 0.774. The summed E-state index contributed by atoms with van der Waals surface area (Å²) in [6.07, 6.45) is 1.43. The monoisotopic (exact) mass is 198 g/mol. The second-order valence-corrected chi connectivity index (χ2v) is 3.89. The summed E-state index contributed by atoms with van der Waals surface area (Å²) in [7, 11) is 0. The van der Waals surface area contributed by atoms with Crippen LogP contribution in [0.4, 0.5) is 8.78 Å². The van der Waals surface area contributed by atoms with Crippen LogP contribution in [0, 0.1) is 17.6 Å². The minimum Gasteiger partial charge on any atom is -0.385 e. The standard InChI is InChI=1S/C11H12F2O/c1-2-7-6-11(7,14)8-3-9(12)5-10(13)4-8/h3-5,7,14H,2,6H2,1H3. The van der Waals surface area contributed by atoms with E-state index in [1.165, 1.54) is 12.1 Å². The Bertz CT molecular complexity index is 344. The summed E-state index contributed by atoms with van der Waals surface area (Å²) in [6.45, 7) is 1.96. The SMILES string of the molecule is CCC1CC1(O)c1cc(F)cc(F)c1. The molecule has 2 unspecified atom stereocenters. The van der Waals surface area contributed by atoms with Crippen molar-refractivity contribution in [1.29, 1.82) is 0 Å². The maximum Gasteiger partial charge on any atom is 0.126 e. The van der Waals surface area contributed by atoms with Gasteiger partial charge < -0.3 is 5.11 Å². The van der Waals surface area contributed by atoms with Crippen molar-refractivity contribution in [3.63, 3.8) is 0 Å². The van der Waals surface area contributed by atoms with Crippen LogP contribution in [0.5, 0.6) is 0 Å². The first kappa shape index (κ1) is 9.59. The van der Waals surface area contributed by atoms with Crippen molar-refractivity contribution >= 4 is 0 Å². The van der Waals surface area contributed by atoms with Gasteiger partial charge in [0.25, 0.3) is 0 Å². The summed E-state index contributed by atoms with van der Waals surface area (Å²) in [6, 6.07) is 3.23. The van der Waals surface area contributed by atoms with Crippen LogP contribution >= 0.6 is 0 Å². The minimum absolute atomic E-state index is 0.142. The molecule has 1 aliphatic rings. The van der Waals surface area contributed by atoms with Crippen molar-refractivity contribution in [1.82, 2.24) is 0 Å². The van der Waals surface area contributed by atoms with Crippen LogP contribution in [0.2, 0.25) is 0 Å². The molecule has 1 N–H and O–H groups in total. The molecule has 1 aromatic rings. The van der Waals surface area contributed by atoms with Gasteiger partial charge in [0.15, 0.2) is 0 Å². The van der Waals surface area contributed by atoms with E-state index in [-0.39, 0.29) is 5.92 Å². The Labute approximate surface area is 81.4 Å². The molecule has 1 aromatic carbocycles. The number of hydrogen-bond donors (Lipinski definition) is 1. The molecule has 76 valence electrons. The molecule has 1 fully saturated rings. The van der Waals surface area contributed by atoms with Crippen LogP contribution in [0.1, 0.15) is 25.3 Å². The first-order valence-electron chi connectivity index (χ1n) is 4.75. The van der Waals surface area contributed by atoms with Gasteiger partial charge >= 0.3 is 0 Å². The van der Waals surface area contributed by atoms with E-state index in [2.05, 4.69) is 0 Å². The molecule has 0 saturated heterocycles. The number of benzene rings is 1. The molecule has 0 amide bonds. The molecule has 0 spiro atoms. The zero-order valence-electron chi connectivity index (χ0n) is 7.93. The van der Waals surface area contributed by atoms with Gasteiger partial charge in [0.05, 0.1) is 5.60 Å². The number of aliphatic hydroxyl groups is 1. The van der Waals surface area contributed by atoms with Crippen molar-refractivity contribution in [2.24, 2.45) is 5.92 Å². The first-order chi connectivity index (χ1) is 6.56. The molecule has 2 atom stereocenters. The Morgan fingerprint density at radius 3 is 2.36 bits per heavy atom. The third-order valence-corrected chi connectivity index (χ3v) is 2.93. The van der Waals surface area contributed by atoms with Gasteiger partial charge in [-0.05, 0) is 30.0 Å². The summed E-state index contributed by atoms with van der Waals surface area (Å²) in [4.78, 5) is 0. The predicted octanol–water partition coefficient (Wildman–Crippen LogP) is 2.58. The lowest BCUT2D eigenvalue weighted by atomic mass is 10.0. The largest absolute Gasteiger partial charge is 0.385 e. The summed E-state index contributed by atoms with van der Waals surface area (Å²) in [5, 5.41) is 9.98. The summed E-state index contributed by atoms with van der Waals surface area (Å²) >= 11 is 0. The van der Waals surface area contributed by atoms with Crippen molar-refractivity contribution in [3.8, 4) is 0 Å². The van der Waals surface area contributed by atoms with Gasteiger partial charge in [0.2, 0.25) is 0 Å². The highest BCUT2D eigenvalue weighted by Gasteiger charge is 2.53. The fraction of sp³-hybridized carbons (Fsp3) is 0.455. The van der Waals surface area contributed by atoms with Crippen LogP contribution in [0.15, 0.2) is 18.2 Å². The Hall–Kier alpha value is -0.960. The molecule has 0 heterocycles. The summed E-state index contributed by atoms with van der Waals surface area (Å²) < 4.78 is 25.7. The molecule has 14 heavy (non-hydrogen) atoms. The van der Waals surface area contributed by atoms with Gasteiger partial charge in [-0.1, -0.05) is 13.3 Å². The van der Waals surface area contributed by atoms with E-state index in [9.17, 15) is 13.9 Å². The van der Waals surface area contributed by atoms with Crippen molar-refractivity contribution in [2.45, 2.75) is 25.4 Å². The van der Waals surface area contributed by atoms with Gasteiger partial charge in [-0.3, -0.25) is 0 Å². The first-order valence-corrected chi connectivity index (χ1v) is 4.75. The van der Waals surface area contributed by atoms with E-state index in [0.717, 1.165) is 12.5 Å². The molecule has 3 heteroatoms. The zero-order chi connectivity index (χ0) is 10.3. The van der Waals surface area contributed by atoms with Crippen LogP contribution in [0.3, 0.4) is 0 Å². The highest BCUT2D eigenvalue weighted by atomic mass is 19.1. The lowest BCUT2D eigenvalue weighted by molar-refractivity contribution is 0.129. The van der Waals surface area contributed by atoms with Gasteiger partial charge in [-0.2, -0.15) is 0 Å². The highest BCUT2D eigenvalue weighted by molar-refractivity contribution is 5.30. The Morgan fingerprint density at radius 2 is 1.93 bits per heavy atom. The van der Waals surface area contributed by atoms with E-state index in [0.29, 0.717) is 12.0 Å². The molecule has 0 radical (unpaired) electrons. The topological polar surface area (TPSA) is 20.2 Å². The fourth-order valence-electron chi connectivity index (χ4n) is 1.96. The smallest absolute Gasteiger partial charge is 0.126 e. The lowest BCUT2D eigenvalue weighted by Gasteiger charge is -2.10. The van der Waals surface area contributed by atoms with Gasteiger partial charge in [-0.25, -0.2) is 8.78 Å². The molecule has 0 aliphatic heterocycles. The summed E-state index contributed by atoms with van der Waals surface area (Å²) in [5.41, 5.74) is -0.626. The van der Waals surface area contributed by atoms with Gasteiger partial charge in [0.1, 0.15) is 11.6 Å². The molecule has 1 nitrogen and oxygen atoms in total. The Kier molecular flexibility index (Phi) is 2.07. The van der Waals surface area contributed by atoms with Crippen LogP contribution in [0.25, 0.3) is 0 Å². The predicted molar refractivity (Wildman–Crippen MR) is 48.7 cm³/mol. The normalized spacial score (nSPS) is 30.4. The van der Waals surface area contributed by atoms with E-state index < -0.39 is 17.2 Å². The second kappa shape index (κ2) is 3.02. The number of halogens is 2. The number of rotatable bonds is 2. The zero-order valence-corrected chi connectivity index (χ0v) is 7.93. The van der Waals surface area contributed by atoms with E-state index in [1.54, 1.807) is 0 Å². The Morgan fingerprint density at radius 1 is 1.36 bits per heavy atom. The minimum atomic E-state index is -0.988. The van der Waals surface area contributed by atoms with Crippen molar-refractivity contribution in [2.75, 3.05) is 0 Å². The Balaban J connectivity index is 2.34. The molecule has 0 aromatic heterocycles. The molecule has 0 bridgehead atoms. The van der Waals surface area contributed by atoms with E-state index in [1.807, 2.05) is 6.92 Å².